The van der Waals surface area contributed by atoms with Crippen molar-refractivity contribution < 1.29 is 10.0 Å². The standard InChI is InChI=1S/C13H9Cl3N2O2/c14-8-2-1-3-12(7-8)18(20)13(19)17-11-5-9(15)4-10(16)6-11/h1-7,20H,(H,17,19). The van der Waals surface area contributed by atoms with E-state index in [9.17, 15) is 10.0 Å². The Labute approximate surface area is 130 Å². The number of nitrogens with zero attached hydrogens (tertiary/aromatic N) is 1. The number of hydrogen-bond acceptors (Lipinski definition) is 2. The third-order valence-corrected chi connectivity index (χ3v) is 3.03. The number of amides is 2. The number of carbonyl (C=O) groups is 1. The number of urea groups is 1. The molecule has 4 nitrogen and oxygen atoms in total. The van der Waals surface area contributed by atoms with Crippen LogP contribution in [0.3, 0.4) is 0 Å². The summed E-state index contributed by atoms with van der Waals surface area (Å²) in [6.07, 6.45) is 0. The third kappa shape index (κ3) is 3.77. The molecular weight excluding hydrogens is 323 g/mol. The lowest BCUT2D eigenvalue weighted by molar-refractivity contribution is 0.216. The summed E-state index contributed by atoms with van der Waals surface area (Å²) in [6, 6.07) is 10.0. The molecule has 0 radical (unpaired) electrons. The number of benzene rings is 2. The number of anilines is 2. The second-order valence-corrected chi connectivity index (χ2v) is 5.19. The van der Waals surface area contributed by atoms with Crippen molar-refractivity contribution in [3.05, 3.63) is 57.5 Å². The molecule has 20 heavy (non-hydrogen) atoms. The van der Waals surface area contributed by atoms with E-state index in [-0.39, 0.29) is 5.69 Å². The second kappa shape index (κ2) is 6.33. The number of rotatable bonds is 2. The first-order valence-corrected chi connectivity index (χ1v) is 6.61. The Morgan fingerprint density at radius 2 is 1.65 bits per heavy atom. The van der Waals surface area contributed by atoms with Crippen LogP contribution in [0.1, 0.15) is 0 Å². The highest BCUT2D eigenvalue weighted by molar-refractivity contribution is 6.35. The number of hydroxylamine groups is 1. The summed E-state index contributed by atoms with van der Waals surface area (Å²) in [5, 5.41) is 13.9. The van der Waals surface area contributed by atoms with Gasteiger partial charge in [0.05, 0.1) is 5.69 Å². The van der Waals surface area contributed by atoms with Crippen molar-refractivity contribution in [2.24, 2.45) is 0 Å². The van der Waals surface area contributed by atoms with Crippen LogP contribution >= 0.6 is 34.8 Å². The van der Waals surface area contributed by atoms with Gasteiger partial charge in [-0.3, -0.25) is 5.21 Å². The Morgan fingerprint density at radius 1 is 1.00 bits per heavy atom. The molecule has 104 valence electrons. The highest BCUT2D eigenvalue weighted by Gasteiger charge is 2.14. The first-order valence-electron chi connectivity index (χ1n) is 5.47. The summed E-state index contributed by atoms with van der Waals surface area (Å²) in [5.74, 6) is 0. The molecule has 0 fully saturated rings. The lowest BCUT2D eigenvalue weighted by Crippen LogP contribution is -2.31. The topological polar surface area (TPSA) is 52.6 Å². The molecular formula is C13H9Cl3N2O2. The van der Waals surface area contributed by atoms with Crippen molar-refractivity contribution in [2.75, 3.05) is 10.4 Å². The van der Waals surface area contributed by atoms with Crippen molar-refractivity contribution in [1.82, 2.24) is 0 Å². The van der Waals surface area contributed by atoms with Gasteiger partial charge >= 0.3 is 6.03 Å². The molecule has 0 bridgehead atoms. The molecule has 2 N–H and O–H groups in total. The quantitative estimate of drug-likeness (QED) is 0.596. The van der Waals surface area contributed by atoms with E-state index in [0.29, 0.717) is 25.8 Å². The van der Waals surface area contributed by atoms with Gasteiger partial charge in [0.1, 0.15) is 0 Å². The molecule has 0 atom stereocenters. The number of hydrogen-bond donors (Lipinski definition) is 2. The third-order valence-electron chi connectivity index (χ3n) is 2.36. The minimum atomic E-state index is -0.759. The van der Waals surface area contributed by atoms with E-state index in [0.717, 1.165) is 0 Å². The average molecular weight is 332 g/mol. The maximum atomic E-state index is 11.9. The number of nitrogens with one attached hydrogen (secondary N) is 1. The highest BCUT2D eigenvalue weighted by atomic mass is 35.5. The predicted octanol–water partition coefficient (Wildman–Crippen LogP) is 5.07. The fourth-order valence-corrected chi connectivity index (χ4v) is 2.24. The summed E-state index contributed by atoms with van der Waals surface area (Å²) >= 11 is 17.4. The Morgan fingerprint density at radius 3 is 2.25 bits per heavy atom. The summed E-state index contributed by atoms with van der Waals surface area (Å²) in [6.45, 7) is 0. The largest absolute Gasteiger partial charge is 0.350 e. The maximum Gasteiger partial charge on any atom is 0.350 e. The number of halogens is 3. The summed E-state index contributed by atoms with van der Waals surface area (Å²) < 4.78 is 0. The first-order chi connectivity index (χ1) is 9.45. The summed E-state index contributed by atoms with van der Waals surface area (Å²) in [4.78, 5) is 11.9. The molecule has 2 aromatic rings. The zero-order valence-electron chi connectivity index (χ0n) is 9.98. The molecule has 0 spiro atoms. The van der Waals surface area contributed by atoms with E-state index in [1.165, 1.54) is 30.3 Å². The van der Waals surface area contributed by atoms with E-state index < -0.39 is 6.03 Å². The highest BCUT2D eigenvalue weighted by Crippen LogP contribution is 2.23. The zero-order chi connectivity index (χ0) is 14.7. The van der Waals surface area contributed by atoms with E-state index in [2.05, 4.69) is 5.32 Å². The first kappa shape index (κ1) is 14.9. The molecule has 0 saturated carbocycles. The smallest absolute Gasteiger partial charge is 0.306 e. The van der Waals surface area contributed by atoms with Gasteiger partial charge in [0.15, 0.2) is 0 Å². The van der Waals surface area contributed by atoms with Crippen molar-refractivity contribution in [1.29, 1.82) is 0 Å². The lowest BCUT2D eigenvalue weighted by atomic mass is 10.3. The SMILES string of the molecule is O=C(Nc1cc(Cl)cc(Cl)c1)N(O)c1cccc(Cl)c1. The van der Waals surface area contributed by atoms with Crippen molar-refractivity contribution >= 4 is 52.2 Å². The van der Waals surface area contributed by atoms with Crippen LogP contribution in [0.15, 0.2) is 42.5 Å². The van der Waals surface area contributed by atoms with Gasteiger partial charge < -0.3 is 5.32 Å². The van der Waals surface area contributed by atoms with Crippen molar-refractivity contribution in [2.45, 2.75) is 0 Å². The maximum absolute atomic E-state index is 11.9. The fraction of sp³-hybridized carbons (Fsp3) is 0. The average Bonchev–Trinajstić information content (AvgIpc) is 2.36. The van der Waals surface area contributed by atoms with Crippen LogP contribution in [-0.4, -0.2) is 11.2 Å². The minimum Gasteiger partial charge on any atom is -0.306 e. The minimum absolute atomic E-state index is 0.239. The molecule has 2 aromatic carbocycles. The van der Waals surface area contributed by atoms with Crippen LogP contribution in [0.2, 0.25) is 15.1 Å². The van der Waals surface area contributed by atoms with Gasteiger partial charge in [-0.25, -0.2) is 4.79 Å². The van der Waals surface area contributed by atoms with Gasteiger partial charge in [0.2, 0.25) is 0 Å². The molecule has 0 heterocycles. The summed E-state index contributed by atoms with van der Waals surface area (Å²) in [5.41, 5.74) is 0.608. The monoisotopic (exact) mass is 330 g/mol. The molecule has 2 rings (SSSR count). The Hall–Kier alpha value is -1.46. The predicted molar refractivity (Wildman–Crippen MR) is 81.2 cm³/mol. The Bertz CT molecular complexity index is 629. The van der Waals surface area contributed by atoms with E-state index >= 15 is 0 Å². The van der Waals surface area contributed by atoms with Crippen molar-refractivity contribution in [3.8, 4) is 0 Å². The van der Waals surface area contributed by atoms with Gasteiger partial charge in [-0.2, -0.15) is 5.06 Å². The van der Waals surface area contributed by atoms with Crippen LogP contribution in [0.4, 0.5) is 16.2 Å². The Balaban J connectivity index is 2.15. The summed E-state index contributed by atoms with van der Waals surface area (Å²) in [7, 11) is 0. The van der Waals surface area contributed by atoms with Gasteiger partial charge in [0.25, 0.3) is 0 Å². The molecule has 0 aromatic heterocycles. The second-order valence-electron chi connectivity index (χ2n) is 3.88. The number of carbonyl (C=O) groups excluding carboxylic acids is 1. The van der Waals surface area contributed by atoms with Crippen molar-refractivity contribution in [3.63, 3.8) is 0 Å². The molecule has 2 amide bonds. The molecule has 0 unspecified atom stereocenters. The molecule has 0 aliphatic heterocycles. The molecule has 7 heteroatoms. The van der Waals surface area contributed by atoms with Gasteiger partial charge in [0, 0.05) is 20.8 Å². The zero-order valence-corrected chi connectivity index (χ0v) is 12.2. The van der Waals surface area contributed by atoms with Gasteiger partial charge in [-0.05, 0) is 36.4 Å². The van der Waals surface area contributed by atoms with Crippen LogP contribution in [-0.2, 0) is 0 Å². The van der Waals surface area contributed by atoms with Crippen LogP contribution in [0, 0.1) is 0 Å². The normalized spacial score (nSPS) is 10.2. The van der Waals surface area contributed by atoms with E-state index in [1.54, 1.807) is 12.1 Å². The Kier molecular flexibility index (Phi) is 4.73. The molecule has 0 aliphatic carbocycles. The van der Waals surface area contributed by atoms with E-state index in [1.807, 2.05) is 0 Å². The fourth-order valence-electron chi connectivity index (χ4n) is 1.53. The van der Waals surface area contributed by atoms with Gasteiger partial charge in [-0.15, -0.1) is 0 Å². The molecule has 0 aliphatic rings. The lowest BCUT2D eigenvalue weighted by Gasteiger charge is -2.16. The van der Waals surface area contributed by atoms with Gasteiger partial charge in [-0.1, -0.05) is 40.9 Å². The molecule has 0 saturated heterocycles. The van der Waals surface area contributed by atoms with Crippen LogP contribution in [0.25, 0.3) is 0 Å². The van der Waals surface area contributed by atoms with Crippen LogP contribution in [0.5, 0.6) is 0 Å². The van der Waals surface area contributed by atoms with Crippen LogP contribution < -0.4 is 10.4 Å². The van der Waals surface area contributed by atoms with E-state index in [4.69, 9.17) is 34.8 Å².